The van der Waals surface area contributed by atoms with Crippen LogP contribution in [0.5, 0.6) is 5.75 Å². The number of aromatic amines is 2. The van der Waals surface area contributed by atoms with E-state index >= 15 is 4.39 Å². The molecule has 5 aromatic rings. The van der Waals surface area contributed by atoms with Crippen molar-refractivity contribution < 1.29 is 37.8 Å². The first-order chi connectivity index (χ1) is 29.4. The molecule has 2 saturated heterocycles. The fraction of sp³-hybridized carbons (Fsp3) is 0.455. The second-order valence-electron chi connectivity index (χ2n) is 16.6. The Morgan fingerprint density at radius 3 is 1.82 bits per heavy atom. The van der Waals surface area contributed by atoms with Gasteiger partial charge in [0.05, 0.1) is 67.8 Å². The van der Waals surface area contributed by atoms with E-state index in [1.54, 1.807) is 22.2 Å². The summed E-state index contributed by atoms with van der Waals surface area (Å²) in [5.74, 6) is 0.769. The van der Waals surface area contributed by atoms with Gasteiger partial charge in [-0.1, -0.05) is 39.8 Å². The van der Waals surface area contributed by atoms with E-state index in [1.807, 2.05) is 68.7 Å². The van der Waals surface area contributed by atoms with E-state index in [0.717, 1.165) is 41.6 Å². The van der Waals surface area contributed by atoms with Gasteiger partial charge in [-0.25, -0.2) is 23.9 Å². The molecule has 4 N–H and O–H groups in total. The number of aromatic nitrogens is 5. The number of amides is 4. The average Bonchev–Trinajstić information content (AvgIpc) is 4.11. The SMILES string of the molecule is COC(=O)NC(C(=O)N1CCCC1c1ncc(-c2ccc3c(c2)OCCn2c-3c(F)c3cc(-c4cnc([C@@H]5CCCN5C(=O)C(NC(=O)OC)C(C)C)[nH]4)ccc32)[nH]1)C(C)C. The largest absolute Gasteiger partial charge is 0.491 e. The van der Waals surface area contributed by atoms with Crippen LogP contribution in [0.4, 0.5) is 14.0 Å². The van der Waals surface area contributed by atoms with E-state index in [1.165, 1.54) is 14.2 Å². The van der Waals surface area contributed by atoms with Crippen molar-refractivity contribution in [1.29, 1.82) is 0 Å². The van der Waals surface area contributed by atoms with Gasteiger partial charge in [0.1, 0.15) is 36.1 Å². The number of alkyl carbamates (subject to hydrolysis) is 2. The van der Waals surface area contributed by atoms with E-state index < -0.39 is 24.3 Å². The van der Waals surface area contributed by atoms with Crippen LogP contribution in [-0.2, 0) is 25.6 Å². The van der Waals surface area contributed by atoms with Gasteiger partial charge in [-0.2, -0.15) is 0 Å². The van der Waals surface area contributed by atoms with Gasteiger partial charge in [-0.3, -0.25) is 9.59 Å². The minimum absolute atomic E-state index is 0.147. The highest BCUT2D eigenvalue weighted by Crippen LogP contribution is 2.42. The molecule has 2 aromatic carbocycles. The Morgan fingerprint density at radius 1 is 0.770 bits per heavy atom. The molecule has 0 spiro atoms. The standard InChI is InChI=1S/C44H52FN9O7/c1-23(2)36(50-43(57)59-5)41(55)53-15-7-9-32(53)39-46-21-29(48-39)25-12-14-31-28(19-25)35(45)38-27-13-11-26(20-34(27)61-18-17-52(31)38)30-22-47-40(49-30)33-10-8-16-54(33)42(56)37(24(3)4)51-44(58)60-6/h11-14,19-24,32-33,36-37H,7-10,15-18H2,1-6H3,(H,46,48)(H,47,49)(H,50,57)(H,51,58)/t32-,33?,36?,37?/m0/s1. The highest BCUT2D eigenvalue weighted by molar-refractivity contribution is 5.93. The van der Waals surface area contributed by atoms with Gasteiger partial charge >= 0.3 is 12.2 Å². The second kappa shape index (κ2) is 16.9. The van der Waals surface area contributed by atoms with Crippen molar-refractivity contribution in [3.8, 4) is 39.5 Å². The van der Waals surface area contributed by atoms with Crippen LogP contribution >= 0.6 is 0 Å². The van der Waals surface area contributed by atoms with Crippen LogP contribution in [0.1, 0.15) is 77.1 Å². The summed E-state index contributed by atoms with van der Waals surface area (Å²) in [4.78, 5) is 71.1. The first kappa shape index (κ1) is 41.3. The molecule has 3 unspecified atom stereocenters. The van der Waals surface area contributed by atoms with Gasteiger partial charge in [-0.15, -0.1) is 0 Å². The smallest absolute Gasteiger partial charge is 0.407 e. The topological polar surface area (TPSA) is 189 Å². The molecule has 3 aromatic heterocycles. The van der Waals surface area contributed by atoms with Gasteiger partial charge < -0.3 is 49.2 Å². The molecule has 322 valence electrons. The van der Waals surface area contributed by atoms with E-state index in [4.69, 9.17) is 14.2 Å². The summed E-state index contributed by atoms with van der Waals surface area (Å²) in [6.07, 6.45) is 5.15. The van der Waals surface area contributed by atoms with Crippen LogP contribution in [0.2, 0.25) is 0 Å². The van der Waals surface area contributed by atoms with Crippen LogP contribution in [0.25, 0.3) is 44.7 Å². The minimum atomic E-state index is -0.743. The number of imidazole rings is 2. The molecular weight excluding hydrogens is 786 g/mol. The predicted octanol–water partition coefficient (Wildman–Crippen LogP) is 6.71. The Labute approximate surface area is 352 Å². The van der Waals surface area contributed by atoms with E-state index in [-0.39, 0.29) is 41.6 Å². The van der Waals surface area contributed by atoms with Crippen molar-refractivity contribution in [3.63, 3.8) is 0 Å². The molecular formula is C44H52FN9O7. The highest BCUT2D eigenvalue weighted by atomic mass is 19.1. The van der Waals surface area contributed by atoms with Crippen molar-refractivity contribution in [2.45, 2.75) is 84.1 Å². The molecule has 2 fully saturated rings. The zero-order valence-corrected chi connectivity index (χ0v) is 35.2. The molecule has 17 heteroatoms. The summed E-state index contributed by atoms with van der Waals surface area (Å²) < 4.78 is 34.5. The second-order valence-corrected chi connectivity index (χ2v) is 16.6. The molecule has 0 saturated carbocycles. The molecule has 3 aliphatic rings. The lowest BCUT2D eigenvalue weighted by atomic mass is 10.0. The maximum Gasteiger partial charge on any atom is 0.407 e. The highest BCUT2D eigenvalue weighted by Gasteiger charge is 2.39. The van der Waals surface area contributed by atoms with Crippen molar-refractivity contribution in [2.24, 2.45) is 11.8 Å². The van der Waals surface area contributed by atoms with Crippen LogP contribution in [0.15, 0.2) is 48.8 Å². The van der Waals surface area contributed by atoms with Gasteiger partial charge in [0, 0.05) is 35.2 Å². The average molecular weight is 838 g/mol. The molecule has 8 rings (SSSR count). The van der Waals surface area contributed by atoms with Gasteiger partial charge in [0.2, 0.25) is 11.8 Å². The third kappa shape index (κ3) is 7.76. The Hall–Kier alpha value is -6.39. The molecule has 0 aliphatic carbocycles. The van der Waals surface area contributed by atoms with Crippen LogP contribution in [0.3, 0.4) is 0 Å². The van der Waals surface area contributed by atoms with E-state index in [0.29, 0.717) is 72.4 Å². The monoisotopic (exact) mass is 837 g/mol. The number of carbonyl (C=O) groups excluding carboxylic acids is 4. The Kier molecular flexibility index (Phi) is 11.5. The number of rotatable bonds is 10. The number of hydrogen-bond donors (Lipinski definition) is 4. The molecule has 61 heavy (non-hydrogen) atoms. The summed E-state index contributed by atoms with van der Waals surface area (Å²) >= 11 is 0. The maximum absolute atomic E-state index is 16.7. The maximum atomic E-state index is 16.7. The molecule has 6 heterocycles. The number of methoxy groups -OCH3 is 2. The number of carbonyl (C=O) groups is 4. The van der Waals surface area contributed by atoms with E-state index in [9.17, 15) is 19.2 Å². The number of hydrogen-bond acceptors (Lipinski definition) is 9. The van der Waals surface area contributed by atoms with Gasteiger partial charge in [0.15, 0.2) is 5.82 Å². The molecule has 3 aliphatic heterocycles. The number of likely N-dealkylation sites (tertiary alicyclic amines) is 2. The number of benzene rings is 2. The lowest BCUT2D eigenvalue weighted by molar-refractivity contribution is -0.136. The fourth-order valence-corrected chi connectivity index (χ4v) is 8.92. The summed E-state index contributed by atoms with van der Waals surface area (Å²) in [5, 5.41) is 5.82. The Morgan fingerprint density at radius 2 is 1.30 bits per heavy atom. The van der Waals surface area contributed by atoms with Crippen LogP contribution < -0.4 is 15.4 Å². The molecule has 16 nitrogen and oxygen atoms in total. The summed E-state index contributed by atoms with van der Waals surface area (Å²) in [6, 6.07) is 9.25. The molecule has 0 bridgehead atoms. The van der Waals surface area contributed by atoms with Gasteiger partial charge in [0.25, 0.3) is 0 Å². The number of H-pyrrole nitrogens is 2. The Balaban J connectivity index is 1.03. The van der Waals surface area contributed by atoms with Crippen LogP contribution in [0, 0.1) is 17.7 Å². The normalized spacial score (nSPS) is 18.4. The molecule has 0 radical (unpaired) electrons. The predicted molar refractivity (Wildman–Crippen MR) is 224 cm³/mol. The van der Waals surface area contributed by atoms with Crippen molar-refractivity contribution in [2.75, 3.05) is 33.9 Å². The molecule has 4 amide bonds. The minimum Gasteiger partial charge on any atom is -0.491 e. The van der Waals surface area contributed by atoms with Crippen molar-refractivity contribution in [1.82, 2.24) is 44.9 Å². The summed E-state index contributed by atoms with van der Waals surface area (Å²) in [6.45, 7) is 9.34. The first-order valence-corrected chi connectivity index (χ1v) is 20.9. The van der Waals surface area contributed by atoms with Crippen molar-refractivity contribution >= 4 is 34.9 Å². The summed E-state index contributed by atoms with van der Waals surface area (Å²) in [5.41, 5.74) is 4.76. The van der Waals surface area contributed by atoms with Gasteiger partial charge in [-0.05, 0) is 61.8 Å². The Bertz CT molecular complexity index is 2470. The number of nitrogens with zero attached hydrogens (tertiary/aromatic N) is 5. The quantitative estimate of drug-likeness (QED) is 0.119. The zero-order chi connectivity index (χ0) is 43.1. The molecule has 4 atom stereocenters. The summed E-state index contributed by atoms with van der Waals surface area (Å²) in [7, 11) is 2.54. The number of fused-ring (bicyclic) bond motifs is 5. The lowest BCUT2D eigenvalue weighted by Gasteiger charge is -2.30. The number of halogens is 1. The lowest BCUT2D eigenvalue weighted by Crippen LogP contribution is -2.51. The fourth-order valence-electron chi connectivity index (χ4n) is 8.92. The number of nitrogens with one attached hydrogen (secondary N) is 4. The first-order valence-electron chi connectivity index (χ1n) is 20.9. The van der Waals surface area contributed by atoms with Crippen molar-refractivity contribution in [3.05, 3.63) is 66.3 Å². The van der Waals surface area contributed by atoms with E-state index in [2.05, 4.69) is 30.6 Å². The third-order valence-electron chi connectivity index (χ3n) is 12.1. The number of ether oxygens (including phenoxy) is 3. The third-order valence-corrected chi connectivity index (χ3v) is 12.1. The zero-order valence-electron chi connectivity index (χ0n) is 35.2. The van der Waals surface area contributed by atoms with Crippen LogP contribution in [-0.4, -0.2) is 104 Å².